The van der Waals surface area contributed by atoms with Crippen LogP contribution < -0.4 is 4.72 Å². The highest BCUT2D eigenvalue weighted by Crippen LogP contribution is 2.32. The van der Waals surface area contributed by atoms with Gasteiger partial charge in [0.05, 0.1) is 11.3 Å². The molecule has 0 bridgehead atoms. The molecule has 0 aromatic heterocycles. The van der Waals surface area contributed by atoms with Crippen LogP contribution in [0.2, 0.25) is 0 Å². The third-order valence-corrected chi connectivity index (χ3v) is 3.80. The van der Waals surface area contributed by atoms with Crippen molar-refractivity contribution in [1.82, 2.24) is 4.72 Å². The van der Waals surface area contributed by atoms with Crippen LogP contribution in [0.4, 0.5) is 13.2 Å². The zero-order valence-electron chi connectivity index (χ0n) is 10.3. The number of aliphatic carboxylic acids is 1. The zero-order chi connectivity index (χ0) is 15.6. The molecule has 0 unspecified atom stereocenters. The molecule has 0 aliphatic heterocycles. The average Bonchev–Trinajstić information content (AvgIpc) is 2.26. The van der Waals surface area contributed by atoms with Gasteiger partial charge in [0.25, 0.3) is 0 Å². The molecule has 1 rings (SSSR count). The second-order valence-electron chi connectivity index (χ2n) is 4.09. The highest BCUT2D eigenvalue weighted by Gasteiger charge is 2.34. The minimum Gasteiger partial charge on any atom is -0.480 e. The molecular formula is C11H12F3NO4S. The highest BCUT2D eigenvalue weighted by atomic mass is 32.2. The SMILES string of the molecule is C[C@@H](NS(=O)(=O)Cc1ccccc1C(F)(F)F)C(=O)O. The Morgan fingerprint density at radius 1 is 1.35 bits per heavy atom. The summed E-state index contributed by atoms with van der Waals surface area (Å²) >= 11 is 0. The number of benzene rings is 1. The van der Waals surface area contributed by atoms with E-state index in [0.29, 0.717) is 0 Å². The van der Waals surface area contributed by atoms with Crippen LogP contribution in [0.3, 0.4) is 0 Å². The van der Waals surface area contributed by atoms with Crippen molar-refractivity contribution >= 4 is 16.0 Å². The van der Waals surface area contributed by atoms with E-state index in [1.165, 1.54) is 6.07 Å². The molecule has 2 N–H and O–H groups in total. The first-order chi connectivity index (χ1) is 9.03. The summed E-state index contributed by atoms with van der Waals surface area (Å²) < 4.78 is 63.2. The Morgan fingerprint density at radius 3 is 2.40 bits per heavy atom. The molecule has 0 spiro atoms. The van der Waals surface area contributed by atoms with Crippen molar-refractivity contribution in [2.24, 2.45) is 0 Å². The highest BCUT2D eigenvalue weighted by molar-refractivity contribution is 7.88. The molecule has 0 aliphatic rings. The van der Waals surface area contributed by atoms with Gasteiger partial charge in [0.15, 0.2) is 0 Å². The van der Waals surface area contributed by atoms with Crippen LogP contribution in [-0.2, 0) is 26.7 Å². The summed E-state index contributed by atoms with van der Waals surface area (Å²) in [7, 11) is -4.19. The van der Waals surface area contributed by atoms with Gasteiger partial charge < -0.3 is 5.11 Å². The standard InChI is InChI=1S/C11H12F3NO4S/c1-7(10(16)17)15-20(18,19)6-8-4-2-3-5-9(8)11(12,13)14/h2-5,7,15H,6H2,1H3,(H,16,17)/t7-/m1/s1. The lowest BCUT2D eigenvalue weighted by atomic mass is 10.1. The first-order valence-corrected chi connectivity index (χ1v) is 7.06. The van der Waals surface area contributed by atoms with E-state index >= 15 is 0 Å². The largest absolute Gasteiger partial charge is 0.480 e. The van der Waals surface area contributed by atoms with Gasteiger partial charge in [-0.25, -0.2) is 13.1 Å². The Hall–Kier alpha value is -1.61. The van der Waals surface area contributed by atoms with Crippen LogP contribution >= 0.6 is 0 Å². The van der Waals surface area contributed by atoms with E-state index in [-0.39, 0.29) is 0 Å². The maximum Gasteiger partial charge on any atom is 0.416 e. The number of halogens is 3. The van der Waals surface area contributed by atoms with E-state index in [2.05, 4.69) is 0 Å². The van der Waals surface area contributed by atoms with Gasteiger partial charge in [-0.2, -0.15) is 13.2 Å². The molecule has 9 heteroatoms. The van der Waals surface area contributed by atoms with Crippen LogP contribution in [0.1, 0.15) is 18.1 Å². The monoisotopic (exact) mass is 311 g/mol. The summed E-state index contributed by atoms with van der Waals surface area (Å²) in [5, 5.41) is 8.59. The fraction of sp³-hybridized carbons (Fsp3) is 0.364. The Balaban J connectivity index is 3.02. The quantitative estimate of drug-likeness (QED) is 0.865. The Kier molecular flexibility index (Phi) is 4.77. The summed E-state index contributed by atoms with van der Waals surface area (Å²) in [6.45, 7) is 1.08. The van der Waals surface area contributed by atoms with Gasteiger partial charge in [0.1, 0.15) is 6.04 Å². The Bertz CT molecular complexity index is 598. The van der Waals surface area contributed by atoms with Crippen molar-refractivity contribution in [2.75, 3.05) is 0 Å². The second-order valence-corrected chi connectivity index (χ2v) is 5.85. The first-order valence-electron chi connectivity index (χ1n) is 5.41. The van der Waals surface area contributed by atoms with Crippen molar-refractivity contribution in [2.45, 2.75) is 24.9 Å². The molecule has 20 heavy (non-hydrogen) atoms. The smallest absolute Gasteiger partial charge is 0.416 e. The second kappa shape index (κ2) is 5.80. The fourth-order valence-corrected chi connectivity index (χ4v) is 2.87. The molecule has 0 saturated heterocycles. The van der Waals surface area contributed by atoms with Crippen molar-refractivity contribution < 1.29 is 31.5 Å². The molecule has 0 aliphatic carbocycles. The summed E-state index contributed by atoms with van der Waals surface area (Å²) in [6.07, 6.45) is -4.68. The molecule has 1 atom stereocenters. The molecule has 0 heterocycles. The first kappa shape index (κ1) is 16.4. The van der Waals surface area contributed by atoms with Gasteiger partial charge in [-0.3, -0.25) is 4.79 Å². The number of hydrogen-bond acceptors (Lipinski definition) is 3. The molecule has 5 nitrogen and oxygen atoms in total. The lowest BCUT2D eigenvalue weighted by molar-refractivity contribution is -0.139. The molecule has 0 saturated carbocycles. The minimum atomic E-state index is -4.68. The van der Waals surface area contributed by atoms with Gasteiger partial charge in [-0.05, 0) is 18.6 Å². The summed E-state index contributed by atoms with van der Waals surface area (Å²) in [4.78, 5) is 10.5. The van der Waals surface area contributed by atoms with Crippen LogP contribution in [0.15, 0.2) is 24.3 Å². The van der Waals surface area contributed by atoms with E-state index in [0.717, 1.165) is 25.1 Å². The number of sulfonamides is 1. The molecular weight excluding hydrogens is 299 g/mol. The van der Waals surface area contributed by atoms with Crippen LogP contribution in [0.5, 0.6) is 0 Å². The maximum absolute atomic E-state index is 12.7. The van der Waals surface area contributed by atoms with Crippen molar-refractivity contribution in [3.05, 3.63) is 35.4 Å². The lowest BCUT2D eigenvalue weighted by Crippen LogP contribution is -2.39. The Morgan fingerprint density at radius 2 is 1.90 bits per heavy atom. The lowest BCUT2D eigenvalue weighted by Gasteiger charge is -2.14. The average molecular weight is 311 g/mol. The van der Waals surface area contributed by atoms with Gasteiger partial charge in [0, 0.05) is 0 Å². The van der Waals surface area contributed by atoms with Crippen LogP contribution in [-0.4, -0.2) is 25.5 Å². The van der Waals surface area contributed by atoms with E-state index < -0.39 is 45.1 Å². The number of carboxylic acids is 1. The predicted octanol–water partition coefficient (Wildman–Crippen LogP) is 1.60. The Labute approximate surface area is 113 Å². The van der Waals surface area contributed by atoms with Crippen molar-refractivity contribution in [3.63, 3.8) is 0 Å². The van der Waals surface area contributed by atoms with Gasteiger partial charge in [-0.15, -0.1) is 0 Å². The summed E-state index contributed by atoms with van der Waals surface area (Å²) in [5.74, 6) is -2.36. The maximum atomic E-state index is 12.7. The number of hydrogen-bond donors (Lipinski definition) is 2. The molecule has 0 amide bonds. The molecule has 1 aromatic rings. The topological polar surface area (TPSA) is 83.5 Å². The van der Waals surface area contributed by atoms with E-state index in [9.17, 15) is 26.4 Å². The van der Waals surface area contributed by atoms with E-state index in [4.69, 9.17) is 5.11 Å². The molecule has 0 fully saturated rings. The number of alkyl halides is 3. The number of carboxylic acid groups (broad SMARTS) is 1. The number of nitrogens with one attached hydrogen (secondary N) is 1. The molecule has 0 radical (unpaired) electrons. The number of rotatable bonds is 5. The fourth-order valence-electron chi connectivity index (χ4n) is 1.49. The third kappa shape index (κ3) is 4.49. The van der Waals surface area contributed by atoms with Crippen LogP contribution in [0.25, 0.3) is 0 Å². The van der Waals surface area contributed by atoms with Gasteiger partial charge in [-0.1, -0.05) is 18.2 Å². The zero-order valence-corrected chi connectivity index (χ0v) is 11.1. The van der Waals surface area contributed by atoms with Crippen molar-refractivity contribution in [1.29, 1.82) is 0 Å². The third-order valence-electron chi connectivity index (χ3n) is 2.40. The normalized spacial score (nSPS) is 14.0. The molecule has 1 aromatic carbocycles. The molecule has 112 valence electrons. The van der Waals surface area contributed by atoms with E-state index in [1.807, 2.05) is 0 Å². The van der Waals surface area contributed by atoms with Crippen molar-refractivity contribution in [3.8, 4) is 0 Å². The van der Waals surface area contributed by atoms with E-state index in [1.54, 1.807) is 4.72 Å². The number of carbonyl (C=O) groups is 1. The summed E-state index contributed by atoms with van der Waals surface area (Å²) in [5.41, 5.74) is -1.50. The minimum absolute atomic E-state index is 0.440. The van der Waals surface area contributed by atoms with Crippen LogP contribution in [0, 0.1) is 0 Å². The summed E-state index contributed by atoms with van der Waals surface area (Å²) in [6, 6.07) is 2.81. The van der Waals surface area contributed by atoms with Gasteiger partial charge >= 0.3 is 12.1 Å². The predicted molar refractivity (Wildman–Crippen MR) is 64.3 cm³/mol. The van der Waals surface area contributed by atoms with Gasteiger partial charge in [0.2, 0.25) is 10.0 Å².